The first-order valence-electron chi connectivity index (χ1n) is 6.22. The largest absolute Gasteiger partial charge is 0.395 e. The molecule has 0 aliphatic carbocycles. The highest BCUT2D eigenvalue weighted by Gasteiger charge is 2.03. The van der Waals surface area contributed by atoms with Gasteiger partial charge in [-0.1, -0.05) is 18.2 Å². The van der Waals surface area contributed by atoms with Gasteiger partial charge in [0.15, 0.2) is 0 Å². The molecule has 0 unspecified atom stereocenters. The van der Waals surface area contributed by atoms with Crippen LogP contribution in [0.25, 0.3) is 0 Å². The van der Waals surface area contributed by atoms with Crippen LogP contribution < -0.4 is 10.6 Å². The van der Waals surface area contributed by atoms with Crippen molar-refractivity contribution in [3.8, 4) is 0 Å². The van der Waals surface area contributed by atoms with E-state index in [1.165, 1.54) is 0 Å². The van der Waals surface area contributed by atoms with Gasteiger partial charge in [0.2, 0.25) is 0 Å². The minimum absolute atomic E-state index is 0.0730. The fourth-order valence-corrected chi connectivity index (χ4v) is 1.76. The molecule has 5 heteroatoms. The number of aliphatic hydroxyl groups is 1. The number of para-hydroxylation sites is 1. The Morgan fingerprint density at radius 1 is 1.11 bits per heavy atom. The molecule has 0 amide bonds. The Morgan fingerprint density at radius 2 is 1.84 bits per heavy atom. The molecular weight excluding hydrogens is 240 g/mol. The van der Waals surface area contributed by atoms with E-state index in [1.54, 1.807) is 0 Å². The number of hydrogen-bond acceptors (Lipinski definition) is 5. The van der Waals surface area contributed by atoms with Crippen LogP contribution in [0.5, 0.6) is 0 Å². The SMILES string of the molecule is Cc1nc(NCCO)cc(Nc2ccccc2C)n1. The Morgan fingerprint density at radius 3 is 2.58 bits per heavy atom. The zero-order valence-electron chi connectivity index (χ0n) is 11.1. The van der Waals surface area contributed by atoms with Crippen LogP contribution in [-0.4, -0.2) is 28.2 Å². The Bertz CT molecular complexity index is 557. The lowest BCUT2D eigenvalue weighted by atomic mass is 10.2. The summed E-state index contributed by atoms with van der Waals surface area (Å²) in [5.74, 6) is 2.12. The van der Waals surface area contributed by atoms with E-state index in [9.17, 15) is 0 Å². The van der Waals surface area contributed by atoms with Crippen LogP contribution in [0.1, 0.15) is 11.4 Å². The Balaban J connectivity index is 2.20. The van der Waals surface area contributed by atoms with Gasteiger partial charge in [-0.3, -0.25) is 0 Å². The summed E-state index contributed by atoms with van der Waals surface area (Å²) >= 11 is 0. The summed E-state index contributed by atoms with van der Waals surface area (Å²) in [6, 6.07) is 9.86. The van der Waals surface area contributed by atoms with Crippen molar-refractivity contribution >= 4 is 17.3 Å². The van der Waals surface area contributed by atoms with Crippen LogP contribution in [-0.2, 0) is 0 Å². The van der Waals surface area contributed by atoms with Crippen LogP contribution in [0.15, 0.2) is 30.3 Å². The third-order valence-electron chi connectivity index (χ3n) is 2.66. The molecule has 3 N–H and O–H groups in total. The first-order chi connectivity index (χ1) is 9.19. The molecule has 0 bridgehead atoms. The first kappa shape index (κ1) is 13.3. The molecule has 0 fully saturated rings. The number of benzene rings is 1. The number of aromatic nitrogens is 2. The molecule has 0 spiro atoms. The minimum atomic E-state index is 0.0730. The second-order valence-electron chi connectivity index (χ2n) is 4.28. The summed E-state index contributed by atoms with van der Waals surface area (Å²) < 4.78 is 0. The van der Waals surface area contributed by atoms with E-state index >= 15 is 0 Å². The van der Waals surface area contributed by atoms with Gasteiger partial charge < -0.3 is 15.7 Å². The normalized spacial score (nSPS) is 10.3. The average Bonchev–Trinajstić information content (AvgIpc) is 2.38. The van der Waals surface area contributed by atoms with Gasteiger partial charge in [-0.05, 0) is 25.5 Å². The smallest absolute Gasteiger partial charge is 0.136 e. The van der Waals surface area contributed by atoms with E-state index in [2.05, 4.69) is 20.6 Å². The van der Waals surface area contributed by atoms with E-state index < -0.39 is 0 Å². The van der Waals surface area contributed by atoms with Crippen LogP contribution in [0.4, 0.5) is 17.3 Å². The van der Waals surface area contributed by atoms with Crippen molar-refractivity contribution in [1.82, 2.24) is 9.97 Å². The monoisotopic (exact) mass is 258 g/mol. The molecule has 0 atom stereocenters. The van der Waals surface area contributed by atoms with Crippen molar-refractivity contribution < 1.29 is 5.11 Å². The fraction of sp³-hybridized carbons (Fsp3) is 0.286. The van der Waals surface area contributed by atoms with Crippen molar-refractivity contribution in [2.45, 2.75) is 13.8 Å². The van der Waals surface area contributed by atoms with Crippen LogP contribution in [0.2, 0.25) is 0 Å². The van der Waals surface area contributed by atoms with Crippen LogP contribution in [0.3, 0.4) is 0 Å². The number of anilines is 3. The molecule has 5 nitrogen and oxygen atoms in total. The molecule has 0 saturated carbocycles. The van der Waals surface area contributed by atoms with Crippen molar-refractivity contribution in [3.05, 3.63) is 41.7 Å². The highest BCUT2D eigenvalue weighted by molar-refractivity contribution is 5.62. The fourth-order valence-electron chi connectivity index (χ4n) is 1.76. The molecule has 0 radical (unpaired) electrons. The molecule has 2 aromatic rings. The molecular formula is C14H18N4O. The van der Waals surface area contributed by atoms with Crippen molar-refractivity contribution in [2.24, 2.45) is 0 Å². The number of aliphatic hydroxyl groups excluding tert-OH is 1. The molecule has 100 valence electrons. The summed E-state index contributed by atoms with van der Waals surface area (Å²) in [6.07, 6.45) is 0. The molecule has 0 aliphatic heterocycles. The number of aryl methyl sites for hydroxylation is 2. The zero-order valence-corrected chi connectivity index (χ0v) is 11.1. The van der Waals surface area contributed by atoms with Gasteiger partial charge in [-0.25, -0.2) is 9.97 Å². The van der Waals surface area contributed by atoms with Crippen LogP contribution in [0, 0.1) is 13.8 Å². The maximum Gasteiger partial charge on any atom is 0.136 e. The van der Waals surface area contributed by atoms with E-state index in [0.717, 1.165) is 17.1 Å². The molecule has 1 aromatic carbocycles. The van der Waals surface area contributed by atoms with Crippen molar-refractivity contribution in [1.29, 1.82) is 0 Å². The van der Waals surface area contributed by atoms with E-state index in [1.807, 2.05) is 44.2 Å². The maximum absolute atomic E-state index is 8.82. The van der Waals surface area contributed by atoms with Crippen molar-refractivity contribution in [3.63, 3.8) is 0 Å². The lowest BCUT2D eigenvalue weighted by Gasteiger charge is -2.11. The van der Waals surface area contributed by atoms with Gasteiger partial charge in [-0.2, -0.15) is 0 Å². The third kappa shape index (κ3) is 3.66. The van der Waals surface area contributed by atoms with E-state index in [0.29, 0.717) is 18.2 Å². The second kappa shape index (κ2) is 6.15. The topological polar surface area (TPSA) is 70.1 Å². The average molecular weight is 258 g/mol. The quantitative estimate of drug-likeness (QED) is 0.767. The second-order valence-corrected chi connectivity index (χ2v) is 4.28. The summed E-state index contributed by atoms with van der Waals surface area (Å²) in [4.78, 5) is 8.62. The van der Waals surface area contributed by atoms with Gasteiger partial charge in [0.25, 0.3) is 0 Å². The zero-order chi connectivity index (χ0) is 13.7. The maximum atomic E-state index is 8.82. The molecule has 19 heavy (non-hydrogen) atoms. The minimum Gasteiger partial charge on any atom is -0.395 e. The lowest BCUT2D eigenvalue weighted by Crippen LogP contribution is -2.09. The van der Waals surface area contributed by atoms with Gasteiger partial charge >= 0.3 is 0 Å². The lowest BCUT2D eigenvalue weighted by molar-refractivity contribution is 0.311. The Kier molecular flexibility index (Phi) is 4.30. The summed E-state index contributed by atoms with van der Waals surface area (Å²) in [5.41, 5.74) is 2.18. The molecule has 2 rings (SSSR count). The highest BCUT2D eigenvalue weighted by Crippen LogP contribution is 2.20. The van der Waals surface area contributed by atoms with E-state index in [-0.39, 0.29) is 6.61 Å². The van der Waals surface area contributed by atoms with Crippen LogP contribution >= 0.6 is 0 Å². The Labute approximate surface area is 112 Å². The van der Waals surface area contributed by atoms with Gasteiger partial charge in [-0.15, -0.1) is 0 Å². The number of hydrogen-bond donors (Lipinski definition) is 3. The molecule has 1 aromatic heterocycles. The Hall–Kier alpha value is -2.14. The van der Waals surface area contributed by atoms with Crippen molar-refractivity contribution in [2.75, 3.05) is 23.8 Å². The first-order valence-corrected chi connectivity index (χ1v) is 6.22. The summed E-state index contributed by atoms with van der Waals surface area (Å²) in [7, 11) is 0. The standard InChI is InChI=1S/C14H18N4O/c1-10-5-3-4-6-12(10)18-14-9-13(15-7-8-19)16-11(2)17-14/h3-6,9,19H,7-8H2,1-2H3,(H2,15,16,17,18). The van der Waals surface area contributed by atoms with E-state index in [4.69, 9.17) is 5.11 Å². The summed E-state index contributed by atoms with van der Waals surface area (Å²) in [5, 5.41) is 15.1. The highest BCUT2D eigenvalue weighted by atomic mass is 16.3. The predicted octanol–water partition coefficient (Wildman–Crippen LogP) is 2.24. The molecule has 1 heterocycles. The summed E-state index contributed by atoms with van der Waals surface area (Å²) in [6.45, 7) is 4.43. The van der Waals surface area contributed by atoms with Gasteiger partial charge in [0, 0.05) is 18.3 Å². The molecule has 0 aliphatic rings. The number of nitrogens with zero attached hydrogens (tertiary/aromatic N) is 2. The number of rotatable bonds is 5. The van der Waals surface area contributed by atoms with Gasteiger partial charge in [0.1, 0.15) is 17.5 Å². The third-order valence-corrected chi connectivity index (χ3v) is 2.66. The molecule has 0 saturated heterocycles. The predicted molar refractivity (Wildman–Crippen MR) is 76.8 cm³/mol. The van der Waals surface area contributed by atoms with Gasteiger partial charge in [0.05, 0.1) is 6.61 Å². The number of nitrogens with one attached hydrogen (secondary N) is 2.